The number of nitrogens with zero attached hydrogens (tertiary/aromatic N) is 1. The molecule has 2 unspecified atom stereocenters. The Balaban J connectivity index is 1.75. The first-order valence-corrected chi connectivity index (χ1v) is 12.1. The highest BCUT2D eigenvalue weighted by Crippen LogP contribution is 2.44. The van der Waals surface area contributed by atoms with Gasteiger partial charge in [-0.3, -0.25) is 9.69 Å². The minimum atomic E-state index is -0.760. The molecule has 0 spiro atoms. The van der Waals surface area contributed by atoms with Gasteiger partial charge < -0.3 is 24.1 Å². The summed E-state index contributed by atoms with van der Waals surface area (Å²) in [5.74, 6) is 1.21. The van der Waals surface area contributed by atoms with Crippen LogP contribution in [0.15, 0.2) is 66.7 Å². The van der Waals surface area contributed by atoms with Gasteiger partial charge in [-0.05, 0) is 60.3 Å². The van der Waals surface area contributed by atoms with Crippen molar-refractivity contribution < 1.29 is 28.8 Å². The molecule has 1 fully saturated rings. The van der Waals surface area contributed by atoms with Crippen LogP contribution in [0.4, 0.5) is 0 Å². The molecule has 1 heterocycles. The summed E-state index contributed by atoms with van der Waals surface area (Å²) >= 11 is 0. The Morgan fingerprint density at radius 1 is 0.944 bits per heavy atom. The van der Waals surface area contributed by atoms with E-state index in [1.54, 1.807) is 21.3 Å². The van der Waals surface area contributed by atoms with E-state index in [4.69, 9.17) is 18.9 Å². The van der Waals surface area contributed by atoms with Gasteiger partial charge in [0.2, 0.25) is 5.75 Å². The van der Waals surface area contributed by atoms with E-state index in [0.717, 1.165) is 35.4 Å². The first-order chi connectivity index (χ1) is 17.5. The largest absolute Gasteiger partial charge is 0.497 e. The molecular weight excluding hydrogens is 458 g/mol. The molecule has 0 radical (unpaired) electrons. The molecule has 1 aliphatic rings. The Morgan fingerprint density at radius 3 is 2.31 bits per heavy atom. The molecule has 3 aromatic rings. The third-order valence-electron chi connectivity index (χ3n) is 6.60. The van der Waals surface area contributed by atoms with Gasteiger partial charge in [-0.1, -0.05) is 42.5 Å². The zero-order valence-corrected chi connectivity index (χ0v) is 21.0. The second kappa shape index (κ2) is 11.8. The molecule has 4 rings (SSSR count). The summed E-state index contributed by atoms with van der Waals surface area (Å²) in [5, 5.41) is 9.71. The van der Waals surface area contributed by atoms with E-state index >= 15 is 0 Å². The smallest absolute Gasteiger partial charge is 0.307 e. The number of hydrogen-bond acceptors (Lipinski definition) is 6. The monoisotopic (exact) mass is 491 g/mol. The molecule has 1 N–H and O–H groups in total. The Morgan fingerprint density at radius 2 is 1.67 bits per heavy atom. The van der Waals surface area contributed by atoms with Gasteiger partial charge in [0.25, 0.3) is 0 Å². The molecule has 36 heavy (non-hydrogen) atoms. The molecule has 0 saturated carbocycles. The van der Waals surface area contributed by atoms with Crippen molar-refractivity contribution in [3.05, 3.63) is 83.4 Å². The number of aliphatic carboxylic acids is 1. The molecule has 0 aliphatic carbocycles. The van der Waals surface area contributed by atoms with Crippen LogP contribution in [0.5, 0.6) is 23.0 Å². The zero-order chi connectivity index (χ0) is 25.5. The summed E-state index contributed by atoms with van der Waals surface area (Å²) in [6.07, 6.45) is 1.49. The van der Waals surface area contributed by atoms with Gasteiger partial charge in [-0.15, -0.1) is 0 Å². The number of ether oxygens (including phenoxy) is 4. The fourth-order valence-corrected chi connectivity index (χ4v) is 4.80. The van der Waals surface area contributed by atoms with Crippen LogP contribution in [0.25, 0.3) is 0 Å². The maximum Gasteiger partial charge on any atom is 0.307 e. The molecule has 190 valence electrons. The predicted molar refractivity (Wildman–Crippen MR) is 137 cm³/mol. The van der Waals surface area contributed by atoms with Crippen LogP contribution >= 0.6 is 0 Å². The van der Waals surface area contributed by atoms with E-state index in [2.05, 4.69) is 4.90 Å². The van der Waals surface area contributed by atoms with Crippen LogP contribution in [0, 0.1) is 5.92 Å². The van der Waals surface area contributed by atoms with Crippen LogP contribution < -0.4 is 18.9 Å². The number of carboxylic acids is 1. The maximum absolute atomic E-state index is 11.8. The molecule has 7 heteroatoms. The lowest BCUT2D eigenvalue weighted by atomic mass is 9.91. The molecule has 0 bridgehead atoms. The SMILES string of the molecule is COc1cccc(C(c2cc(OC)c(OCc3ccccc3)c(OC)c2)N2CCCC(C(=O)O)C2)c1. The van der Waals surface area contributed by atoms with Crippen molar-refractivity contribution >= 4 is 5.97 Å². The van der Waals surface area contributed by atoms with E-state index in [1.165, 1.54) is 0 Å². The van der Waals surface area contributed by atoms with Crippen molar-refractivity contribution in [3.8, 4) is 23.0 Å². The van der Waals surface area contributed by atoms with E-state index in [0.29, 0.717) is 36.8 Å². The average Bonchev–Trinajstić information content (AvgIpc) is 2.92. The molecule has 0 aromatic heterocycles. The van der Waals surface area contributed by atoms with Crippen LogP contribution in [0.3, 0.4) is 0 Å². The van der Waals surface area contributed by atoms with Gasteiger partial charge in [0.15, 0.2) is 11.5 Å². The highest BCUT2D eigenvalue weighted by molar-refractivity contribution is 5.70. The summed E-state index contributed by atoms with van der Waals surface area (Å²) in [5.41, 5.74) is 2.96. The van der Waals surface area contributed by atoms with Crippen LogP contribution in [-0.2, 0) is 11.4 Å². The Kier molecular flexibility index (Phi) is 8.33. The lowest BCUT2D eigenvalue weighted by Crippen LogP contribution is -2.41. The van der Waals surface area contributed by atoms with Gasteiger partial charge >= 0.3 is 5.97 Å². The number of carboxylic acid groups (broad SMARTS) is 1. The second-order valence-electron chi connectivity index (χ2n) is 8.88. The predicted octanol–water partition coefficient (Wildman–Crippen LogP) is 5.18. The quantitative estimate of drug-likeness (QED) is 0.419. The summed E-state index contributed by atoms with van der Waals surface area (Å²) in [6.45, 7) is 1.61. The van der Waals surface area contributed by atoms with Gasteiger partial charge in [-0.2, -0.15) is 0 Å². The molecule has 1 saturated heterocycles. The Bertz CT molecular complexity index is 1140. The minimum absolute atomic E-state index is 0.215. The van der Waals surface area contributed by atoms with Crippen molar-refractivity contribution in [2.24, 2.45) is 5.92 Å². The van der Waals surface area contributed by atoms with E-state index in [1.807, 2.05) is 66.7 Å². The summed E-state index contributed by atoms with van der Waals surface area (Å²) in [7, 11) is 4.85. The van der Waals surface area contributed by atoms with Gasteiger partial charge in [0.1, 0.15) is 12.4 Å². The molecule has 3 aromatic carbocycles. The van der Waals surface area contributed by atoms with Crippen LogP contribution in [0.1, 0.15) is 35.6 Å². The van der Waals surface area contributed by atoms with Crippen molar-refractivity contribution in [3.63, 3.8) is 0 Å². The third kappa shape index (κ3) is 5.74. The second-order valence-corrected chi connectivity index (χ2v) is 8.88. The first kappa shape index (κ1) is 25.4. The molecule has 0 amide bonds. The molecule has 7 nitrogen and oxygen atoms in total. The lowest BCUT2D eigenvalue weighted by Gasteiger charge is -2.38. The number of carbonyl (C=O) groups is 1. The molecular formula is C29H33NO6. The fraction of sp³-hybridized carbons (Fsp3) is 0.345. The number of hydrogen-bond donors (Lipinski definition) is 1. The standard InChI is InChI=1S/C29H33NO6/c1-33-24-13-7-11-21(15-24)27(30-14-8-12-22(18-30)29(31)32)23-16-25(34-2)28(26(17-23)35-3)36-19-20-9-5-4-6-10-20/h4-7,9-11,13,15-17,22,27H,8,12,14,18-19H2,1-3H3,(H,31,32). The zero-order valence-electron chi connectivity index (χ0n) is 21.0. The van der Waals surface area contributed by atoms with E-state index in [9.17, 15) is 9.90 Å². The van der Waals surface area contributed by atoms with Crippen molar-refractivity contribution in [2.75, 3.05) is 34.4 Å². The van der Waals surface area contributed by atoms with Gasteiger partial charge in [0, 0.05) is 6.54 Å². The normalized spacial score (nSPS) is 16.7. The molecule has 1 aliphatic heterocycles. The number of methoxy groups -OCH3 is 3. The summed E-state index contributed by atoms with van der Waals surface area (Å²) < 4.78 is 23.1. The first-order valence-electron chi connectivity index (χ1n) is 12.1. The van der Waals surface area contributed by atoms with Crippen molar-refractivity contribution in [1.82, 2.24) is 4.90 Å². The van der Waals surface area contributed by atoms with Crippen molar-refractivity contribution in [1.29, 1.82) is 0 Å². The highest BCUT2D eigenvalue weighted by atomic mass is 16.5. The highest BCUT2D eigenvalue weighted by Gasteiger charge is 2.32. The van der Waals surface area contributed by atoms with E-state index in [-0.39, 0.29) is 6.04 Å². The number of rotatable bonds is 10. The van der Waals surface area contributed by atoms with Crippen LogP contribution in [-0.4, -0.2) is 50.4 Å². The van der Waals surface area contributed by atoms with E-state index < -0.39 is 11.9 Å². The fourth-order valence-electron chi connectivity index (χ4n) is 4.80. The van der Waals surface area contributed by atoms with Gasteiger partial charge in [-0.25, -0.2) is 0 Å². The topological polar surface area (TPSA) is 77.5 Å². The number of likely N-dealkylation sites (tertiary alicyclic amines) is 1. The number of piperidine rings is 1. The maximum atomic E-state index is 11.8. The van der Waals surface area contributed by atoms with Crippen molar-refractivity contribution in [2.45, 2.75) is 25.5 Å². The minimum Gasteiger partial charge on any atom is -0.497 e. The third-order valence-corrected chi connectivity index (χ3v) is 6.60. The molecule has 2 atom stereocenters. The summed E-state index contributed by atoms with van der Waals surface area (Å²) in [6, 6.07) is 21.5. The lowest BCUT2D eigenvalue weighted by molar-refractivity contribution is -0.143. The number of benzene rings is 3. The van der Waals surface area contributed by atoms with Crippen LogP contribution in [0.2, 0.25) is 0 Å². The summed E-state index contributed by atoms with van der Waals surface area (Å²) in [4.78, 5) is 14.0. The Labute approximate surface area is 212 Å². The average molecular weight is 492 g/mol. The van der Waals surface area contributed by atoms with Gasteiger partial charge in [0.05, 0.1) is 33.3 Å². The Hall–Kier alpha value is -3.71.